The van der Waals surface area contributed by atoms with Gasteiger partial charge in [0.25, 0.3) is 0 Å². The zero-order chi connectivity index (χ0) is 42.4. The van der Waals surface area contributed by atoms with E-state index in [0.29, 0.717) is 0 Å². The minimum absolute atomic E-state index is 0.210. The predicted molar refractivity (Wildman–Crippen MR) is 187 cm³/mol. The van der Waals surface area contributed by atoms with E-state index in [2.05, 4.69) is 0 Å². The predicted octanol–water partition coefficient (Wildman–Crippen LogP) is -4.92. The molecule has 3 heterocycles. The largest absolute Gasteiger partial charge is 0.504 e. The van der Waals surface area contributed by atoms with Gasteiger partial charge in [0.15, 0.2) is 23.0 Å². The van der Waals surface area contributed by atoms with Crippen molar-refractivity contribution in [1.82, 2.24) is 0 Å². The minimum atomic E-state index is -1.93. The van der Waals surface area contributed by atoms with E-state index in [0.717, 1.165) is 24.3 Å². The highest BCUT2D eigenvalue weighted by Crippen LogP contribution is 2.33. The van der Waals surface area contributed by atoms with Crippen molar-refractivity contribution in [3.63, 3.8) is 0 Å². The van der Waals surface area contributed by atoms with E-state index in [9.17, 15) is 76.0 Å². The molecule has 58 heavy (non-hydrogen) atoms. The molecular formula is C36H44O22. The summed E-state index contributed by atoms with van der Waals surface area (Å²) in [4.78, 5) is 25.0. The molecule has 0 amide bonds. The van der Waals surface area contributed by atoms with Crippen LogP contribution in [0.4, 0.5) is 0 Å². The van der Waals surface area contributed by atoms with Crippen molar-refractivity contribution in [2.45, 2.75) is 92.1 Å². The van der Waals surface area contributed by atoms with Crippen LogP contribution in [0.1, 0.15) is 11.1 Å². The maximum atomic E-state index is 12.6. The monoisotopic (exact) mass is 828 g/mol. The Balaban J connectivity index is 1.11. The van der Waals surface area contributed by atoms with E-state index in [1.54, 1.807) is 0 Å². The first-order chi connectivity index (χ1) is 27.5. The number of ether oxygens (including phenoxy) is 7. The number of hydrogen-bond acceptors (Lipinski definition) is 22. The Morgan fingerprint density at radius 2 is 0.931 bits per heavy atom. The number of aromatic hydroxyl groups is 2. The molecule has 3 fully saturated rings. The number of aliphatic hydroxyl groups is 11. The molecule has 0 aromatic heterocycles. The number of hydrogen-bond donors (Lipinski definition) is 13. The van der Waals surface area contributed by atoms with Gasteiger partial charge >= 0.3 is 11.9 Å². The molecular weight excluding hydrogens is 784 g/mol. The van der Waals surface area contributed by atoms with Gasteiger partial charge in [-0.2, -0.15) is 0 Å². The molecule has 3 saturated heterocycles. The quantitative estimate of drug-likeness (QED) is 0.0664. The van der Waals surface area contributed by atoms with Crippen LogP contribution >= 0.6 is 0 Å². The lowest BCUT2D eigenvalue weighted by Crippen LogP contribution is -2.60. The lowest BCUT2D eigenvalue weighted by Gasteiger charge is -2.39. The minimum Gasteiger partial charge on any atom is -0.504 e. The van der Waals surface area contributed by atoms with E-state index in [1.807, 2.05) is 0 Å². The van der Waals surface area contributed by atoms with Gasteiger partial charge in [0.2, 0.25) is 18.9 Å². The fourth-order valence-corrected chi connectivity index (χ4v) is 5.90. The van der Waals surface area contributed by atoms with Crippen LogP contribution in [-0.2, 0) is 33.3 Å². The zero-order valence-electron chi connectivity index (χ0n) is 30.0. The van der Waals surface area contributed by atoms with Crippen LogP contribution in [0.3, 0.4) is 0 Å². The van der Waals surface area contributed by atoms with E-state index in [-0.39, 0.29) is 22.6 Å². The topological polar surface area (TPSA) is 362 Å². The lowest BCUT2D eigenvalue weighted by atomic mass is 9.99. The normalized spacial score (nSPS) is 35.5. The molecule has 320 valence electrons. The van der Waals surface area contributed by atoms with Gasteiger partial charge < -0.3 is 99.5 Å². The number of carbonyl (C=O) groups is 2. The van der Waals surface area contributed by atoms with Crippen molar-refractivity contribution in [1.29, 1.82) is 0 Å². The first-order valence-electron chi connectivity index (χ1n) is 17.6. The number of benzene rings is 2. The van der Waals surface area contributed by atoms with Crippen molar-refractivity contribution in [3.8, 4) is 23.0 Å². The third kappa shape index (κ3) is 10.4. The van der Waals surface area contributed by atoms with Gasteiger partial charge in [0.05, 0.1) is 13.2 Å². The van der Waals surface area contributed by atoms with Crippen LogP contribution in [-0.4, -0.2) is 190 Å². The average molecular weight is 829 g/mol. The van der Waals surface area contributed by atoms with Gasteiger partial charge in [-0.05, 0) is 47.5 Å². The first kappa shape index (κ1) is 44.6. The molecule has 15 unspecified atom stereocenters. The molecule has 2 aromatic rings. The average Bonchev–Trinajstić information content (AvgIpc) is 3.20. The smallest absolute Gasteiger partial charge is 0.333 e. The molecule has 3 aliphatic heterocycles. The number of carbonyl (C=O) groups excluding carboxylic acids is 2. The van der Waals surface area contributed by atoms with Crippen LogP contribution in [0.2, 0.25) is 0 Å². The number of esters is 2. The third-order valence-corrected chi connectivity index (χ3v) is 9.26. The summed E-state index contributed by atoms with van der Waals surface area (Å²) in [7, 11) is 0. The molecule has 0 saturated carbocycles. The molecule has 15 atom stereocenters. The Morgan fingerprint density at radius 1 is 0.534 bits per heavy atom. The summed E-state index contributed by atoms with van der Waals surface area (Å²) in [5, 5.41) is 131. The summed E-state index contributed by atoms with van der Waals surface area (Å²) >= 11 is 0. The third-order valence-electron chi connectivity index (χ3n) is 9.26. The van der Waals surface area contributed by atoms with Crippen molar-refractivity contribution in [2.75, 3.05) is 19.8 Å². The van der Waals surface area contributed by atoms with E-state index in [1.165, 1.54) is 36.4 Å². The van der Waals surface area contributed by atoms with Gasteiger partial charge in [-0.15, -0.1) is 0 Å². The second-order valence-electron chi connectivity index (χ2n) is 13.3. The van der Waals surface area contributed by atoms with Crippen molar-refractivity contribution in [3.05, 3.63) is 59.7 Å². The Kier molecular flexibility index (Phi) is 15.0. The fraction of sp³-hybridized carbons (Fsp3) is 0.500. The SMILES string of the molecule is O=C(C=Cc1ccc(OC2OC(CO)C(O)C(O)C2O)c(O)c1)OCC1OC(OC(=O)C=Cc2ccc(OC3OC(CO)C(O)C(O)C3O)c(O)c2)C(O)C(O)C1O. The zero-order valence-corrected chi connectivity index (χ0v) is 30.0. The van der Waals surface area contributed by atoms with E-state index < -0.39 is 135 Å². The Labute approximate surface area is 327 Å². The van der Waals surface area contributed by atoms with Gasteiger partial charge in [-0.25, -0.2) is 9.59 Å². The number of rotatable bonds is 13. The Morgan fingerprint density at radius 3 is 1.36 bits per heavy atom. The second-order valence-corrected chi connectivity index (χ2v) is 13.3. The Bertz CT molecular complexity index is 1760. The van der Waals surface area contributed by atoms with Crippen LogP contribution in [0.15, 0.2) is 48.6 Å². The van der Waals surface area contributed by atoms with E-state index >= 15 is 0 Å². The summed E-state index contributed by atoms with van der Waals surface area (Å²) in [6.07, 6.45) is -20.5. The van der Waals surface area contributed by atoms with Crippen LogP contribution in [0.5, 0.6) is 23.0 Å². The molecule has 0 bridgehead atoms. The molecule has 3 aliphatic rings. The molecule has 5 rings (SSSR count). The summed E-state index contributed by atoms with van der Waals surface area (Å²) in [6.45, 7) is -2.08. The molecule has 13 N–H and O–H groups in total. The maximum Gasteiger partial charge on any atom is 0.333 e. The van der Waals surface area contributed by atoms with Gasteiger partial charge in [0, 0.05) is 12.2 Å². The standard InChI is InChI=1S/C36H44O22/c37-11-20-25(43)28(46)31(49)34(55-20)53-18-5-1-14(9-16(18)39)3-7-23(41)52-13-22-27(45)30(48)33(51)36(57-22)58-24(42)8-4-15-2-6-19(17(40)10-15)54-35-32(50)29(47)26(44)21(12-38)56-35/h1-10,20-22,25-40,43-51H,11-13H2. The molecule has 0 spiro atoms. The summed E-state index contributed by atoms with van der Waals surface area (Å²) in [5.74, 6) is -3.52. The number of phenolic OH excluding ortho intramolecular Hbond substituents is 2. The summed E-state index contributed by atoms with van der Waals surface area (Å²) in [5.41, 5.74) is 0.456. The van der Waals surface area contributed by atoms with Crippen molar-refractivity contribution >= 4 is 24.1 Å². The molecule has 22 heteroatoms. The highest BCUT2D eigenvalue weighted by atomic mass is 16.7. The highest BCUT2D eigenvalue weighted by Gasteiger charge is 2.47. The number of phenols is 2. The van der Waals surface area contributed by atoms with E-state index in [4.69, 9.17) is 33.2 Å². The second kappa shape index (κ2) is 19.5. The van der Waals surface area contributed by atoms with Gasteiger partial charge in [-0.3, -0.25) is 0 Å². The Hall–Kier alpha value is -4.50. The molecule has 2 aromatic carbocycles. The van der Waals surface area contributed by atoms with Crippen LogP contribution < -0.4 is 9.47 Å². The van der Waals surface area contributed by atoms with Crippen LogP contribution in [0, 0.1) is 0 Å². The first-order valence-corrected chi connectivity index (χ1v) is 17.6. The van der Waals surface area contributed by atoms with Gasteiger partial charge in [0.1, 0.15) is 79.9 Å². The lowest BCUT2D eigenvalue weighted by molar-refractivity contribution is -0.291. The van der Waals surface area contributed by atoms with Crippen LogP contribution in [0.25, 0.3) is 12.2 Å². The molecule has 0 radical (unpaired) electrons. The molecule has 0 aliphatic carbocycles. The maximum absolute atomic E-state index is 12.6. The summed E-state index contributed by atoms with van der Waals surface area (Å²) < 4.78 is 36.8. The van der Waals surface area contributed by atoms with Crippen molar-refractivity contribution < 1.29 is 109 Å². The number of aliphatic hydroxyl groups excluding tert-OH is 11. The summed E-state index contributed by atoms with van der Waals surface area (Å²) in [6, 6.07) is 7.48. The van der Waals surface area contributed by atoms with Gasteiger partial charge in [-0.1, -0.05) is 12.1 Å². The highest BCUT2D eigenvalue weighted by molar-refractivity contribution is 5.87. The molecule has 22 nitrogen and oxygen atoms in total. The fourth-order valence-electron chi connectivity index (χ4n) is 5.90. The van der Waals surface area contributed by atoms with Crippen molar-refractivity contribution in [2.24, 2.45) is 0 Å².